The van der Waals surface area contributed by atoms with Crippen LogP contribution < -0.4 is 9.84 Å². The molecule has 1 aliphatic carbocycles. The van der Waals surface area contributed by atoms with Crippen molar-refractivity contribution in [1.29, 1.82) is 0 Å². The summed E-state index contributed by atoms with van der Waals surface area (Å²) in [5.74, 6) is 0.642. The van der Waals surface area contributed by atoms with E-state index in [0.29, 0.717) is 24.6 Å². The van der Waals surface area contributed by atoms with Gasteiger partial charge in [0.25, 0.3) is 0 Å². The number of rotatable bonds is 7. The second kappa shape index (κ2) is 11.4. The van der Waals surface area contributed by atoms with E-state index < -0.39 is 0 Å². The molecule has 6 rings (SSSR count). The molecule has 1 atom stereocenters. The molecule has 0 unspecified atom stereocenters. The maximum atomic E-state index is 13.3. The molecular weight excluding hydrogens is 504 g/mol. The van der Waals surface area contributed by atoms with Gasteiger partial charge >= 0.3 is 0 Å². The minimum absolute atomic E-state index is 0.0861. The summed E-state index contributed by atoms with van der Waals surface area (Å²) in [7, 11) is 0. The van der Waals surface area contributed by atoms with E-state index in [2.05, 4.69) is 21.5 Å². The smallest absolute Gasteiger partial charge is 0.246 e. The standard InChI is InChI=1S/C31H38N6O3/c1-3-28(38)36-16-5-4-7-24(20-36)37-29-26(33-31(37)34-30(39)22-12-15-32-21(2)19-22)8-6-9-27(29)40-25-13-17-35(18-14-25)23-10-11-23/h3,6,8-9,12,15,19,23-25H,1,4-5,7,10-11,13-14,16-18,20H2,2H3,(H,33,34,39)/p-1/t24-/m1/s1. The van der Waals surface area contributed by atoms with Crippen molar-refractivity contribution in [3.8, 4) is 5.75 Å². The molecular formula is C31H37N6O3-. The minimum atomic E-state index is -0.371. The molecule has 9 heteroatoms. The lowest BCUT2D eigenvalue weighted by molar-refractivity contribution is -0.212. The highest BCUT2D eigenvalue weighted by Gasteiger charge is 2.33. The number of aryl methyl sites for hydroxylation is 1. The number of benzene rings is 1. The third-order valence-corrected chi connectivity index (χ3v) is 8.33. The van der Waals surface area contributed by atoms with Crippen molar-refractivity contribution in [2.45, 2.75) is 70.1 Å². The first-order chi connectivity index (χ1) is 19.5. The van der Waals surface area contributed by atoms with Crippen LogP contribution in [0.1, 0.15) is 62.2 Å². The highest BCUT2D eigenvalue weighted by atomic mass is 16.5. The Balaban J connectivity index is 1.40. The number of pyridine rings is 1. The first-order valence-electron chi connectivity index (χ1n) is 14.5. The number of fused-ring (bicyclic) bond motifs is 1. The predicted molar refractivity (Wildman–Crippen MR) is 153 cm³/mol. The topological polar surface area (TPSA) is 98.9 Å². The third-order valence-electron chi connectivity index (χ3n) is 8.33. The molecule has 0 bridgehead atoms. The summed E-state index contributed by atoms with van der Waals surface area (Å²) in [6.45, 7) is 8.85. The van der Waals surface area contributed by atoms with Gasteiger partial charge in [0.2, 0.25) is 11.9 Å². The summed E-state index contributed by atoms with van der Waals surface area (Å²) in [5.41, 5.74) is 2.79. The SMILES string of the molecule is C=CC(=O)N1CCCC[C@@H](n2c(/N=C(\[O-])c3ccnc(C)c3)nc3cccc(OC4CCN(C5CC5)CC4)c32)C1. The molecule has 0 N–H and O–H groups in total. The molecule has 1 aromatic carbocycles. The average molecular weight is 542 g/mol. The Bertz CT molecular complexity index is 1420. The molecule has 1 amide bonds. The number of aromatic nitrogens is 3. The van der Waals surface area contributed by atoms with Crippen LogP contribution in [0.25, 0.3) is 11.0 Å². The Morgan fingerprint density at radius 1 is 1.10 bits per heavy atom. The van der Waals surface area contributed by atoms with E-state index in [-0.39, 0.29) is 24.0 Å². The van der Waals surface area contributed by atoms with Crippen molar-refractivity contribution in [2.24, 2.45) is 4.99 Å². The van der Waals surface area contributed by atoms with Gasteiger partial charge in [0, 0.05) is 44.1 Å². The Kier molecular flexibility index (Phi) is 7.56. The molecule has 2 aliphatic heterocycles. The van der Waals surface area contributed by atoms with Gasteiger partial charge in [-0.3, -0.25) is 9.78 Å². The van der Waals surface area contributed by atoms with E-state index in [1.165, 1.54) is 18.9 Å². The largest absolute Gasteiger partial charge is 0.858 e. The number of ether oxygens (including phenoxy) is 1. The predicted octanol–water partition coefficient (Wildman–Crippen LogP) is 3.92. The number of amides is 1. The minimum Gasteiger partial charge on any atom is -0.858 e. The lowest BCUT2D eigenvalue weighted by Crippen LogP contribution is -2.39. The zero-order chi connectivity index (χ0) is 27.6. The van der Waals surface area contributed by atoms with E-state index in [1.54, 1.807) is 18.3 Å². The van der Waals surface area contributed by atoms with Crippen molar-refractivity contribution in [2.75, 3.05) is 26.2 Å². The van der Waals surface area contributed by atoms with Gasteiger partial charge in [-0.05, 0) is 93.7 Å². The zero-order valence-electron chi connectivity index (χ0n) is 23.2. The molecule has 210 valence electrons. The van der Waals surface area contributed by atoms with Gasteiger partial charge in [-0.15, -0.1) is 0 Å². The number of carbonyl (C=O) groups excluding carboxylic acids is 1. The van der Waals surface area contributed by atoms with Crippen LogP contribution in [0.2, 0.25) is 0 Å². The molecule has 40 heavy (non-hydrogen) atoms. The van der Waals surface area contributed by atoms with Gasteiger partial charge in [0.05, 0.1) is 11.6 Å². The van der Waals surface area contributed by atoms with Crippen LogP contribution in [0, 0.1) is 6.92 Å². The summed E-state index contributed by atoms with van der Waals surface area (Å²) in [5, 5.41) is 13.3. The fraction of sp³-hybridized carbons (Fsp3) is 0.484. The molecule has 3 fully saturated rings. The number of hydrogen-bond acceptors (Lipinski definition) is 7. The molecule has 0 radical (unpaired) electrons. The third kappa shape index (κ3) is 5.61. The molecule has 2 saturated heterocycles. The summed E-state index contributed by atoms with van der Waals surface area (Å²) in [6.07, 6.45) is 10.4. The van der Waals surface area contributed by atoms with Gasteiger partial charge in [-0.2, -0.15) is 0 Å². The summed E-state index contributed by atoms with van der Waals surface area (Å²) in [6, 6.07) is 9.96. The Labute approximate surface area is 235 Å². The maximum absolute atomic E-state index is 13.3. The number of hydrogen-bond donors (Lipinski definition) is 0. The van der Waals surface area contributed by atoms with Crippen molar-refractivity contribution < 1.29 is 14.6 Å². The monoisotopic (exact) mass is 541 g/mol. The fourth-order valence-corrected chi connectivity index (χ4v) is 6.10. The van der Waals surface area contributed by atoms with Crippen molar-refractivity contribution >= 4 is 28.8 Å². The molecule has 0 spiro atoms. The van der Waals surface area contributed by atoms with Crippen LogP contribution in [0.15, 0.2) is 54.2 Å². The van der Waals surface area contributed by atoms with Crippen LogP contribution >= 0.6 is 0 Å². The number of likely N-dealkylation sites (tertiary alicyclic amines) is 2. The quantitative estimate of drug-likeness (QED) is 0.255. The summed E-state index contributed by atoms with van der Waals surface area (Å²) in [4.78, 5) is 30.7. The average Bonchev–Trinajstić information content (AvgIpc) is 3.78. The summed E-state index contributed by atoms with van der Waals surface area (Å²) >= 11 is 0. The van der Waals surface area contributed by atoms with Gasteiger partial charge < -0.3 is 24.2 Å². The second-order valence-electron chi connectivity index (χ2n) is 11.2. The zero-order valence-corrected chi connectivity index (χ0v) is 23.2. The van der Waals surface area contributed by atoms with Crippen molar-refractivity contribution in [1.82, 2.24) is 24.3 Å². The lowest BCUT2D eigenvalue weighted by Gasteiger charge is -2.32. The van der Waals surface area contributed by atoms with E-state index in [1.807, 2.05) is 34.6 Å². The van der Waals surface area contributed by atoms with Crippen LogP contribution in [-0.4, -0.2) is 74.5 Å². The number of piperidine rings is 1. The lowest BCUT2D eigenvalue weighted by atomic mass is 10.1. The Morgan fingerprint density at radius 2 is 1.93 bits per heavy atom. The first kappa shape index (κ1) is 26.5. The van der Waals surface area contributed by atoms with E-state index >= 15 is 0 Å². The van der Waals surface area contributed by atoms with Crippen LogP contribution in [0.5, 0.6) is 5.75 Å². The Morgan fingerprint density at radius 3 is 2.67 bits per heavy atom. The van der Waals surface area contributed by atoms with Crippen LogP contribution in [0.3, 0.4) is 0 Å². The van der Waals surface area contributed by atoms with E-state index in [9.17, 15) is 9.90 Å². The van der Waals surface area contributed by atoms with Crippen LogP contribution in [-0.2, 0) is 4.79 Å². The highest BCUT2D eigenvalue weighted by Crippen LogP contribution is 2.38. The highest BCUT2D eigenvalue weighted by molar-refractivity contribution is 5.93. The molecule has 3 aliphatic rings. The fourth-order valence-electron chi connectivity index (χ4n) is 6.10. The Hall–Kier alpha value is -3.72. The normalized spacial score (nSPS) is 21.4. The van der Waals surface area contributed by atoms with Gasteiger partial charge in [0.1, 0.15) is 17.4 Å². The molecule has 2 aromatic heterocycles. The summed E-state index contributed by atoms with van der Waals surface area (Å²) < 4.78 is 8.72. The second-order valence-corrected chi connectivity index (χ2v) is 11.2. The molecule has 1 saturated carbocycles. The molecule has 9 nitrogen and oxygen atoms in total. The first-order valence-corrected chi connectivity index (χ1v) is 14.5. The number of imidazole rings is 1. The number of carbonyl (C=O) groups is 1. The van der Waals surface area contributed by atoms with Crippen molar-refractivity contribution in [3.63, 3.8) is 0 Å². The number of para-hydroxylation sites is 1. The number of nitrogens with zero attached hydrogens (tertiary/aromatic N) is 6. The van der Waals surface area contributed by atoms with Gasteiger partial charge in [0.15, 0.2) is 0 Å². The molecule has 3 aromatic rings. The van der Waals surface area contributed by atoms with E-state index in [0.717, 1.165) is 73.7 Å². The number of aliphatic imine (C=N–C) groups is 1. The molecule has 4 heterocycles. The van der Waals surface area contributed by atoms with E-state index in [4.69, 9.17) is 9.72 Å². The van der Waals surface area contributed by atoms with Gasteiger partial charge in [-0.25, -0.2) is 9.98 Å². The van der Waals surface area contributed by atoms with Crippen LogP contribution in [0.4, 0.5) is 5.95 Å². The van der Waals surface area contributed by atoms with Crippen molar-refractivity contribution in [3.05, 3.63) is 60.4 Å². The van der Waals surface area contributed by atoms with Gasteiger partial charge in [-0.1, -0.05) is 12.6 Å². The maximum Gasteiger partial charge on any atom is 0.246 e.